The van der Waals surface area contributed by atoms with Gasteiger partial charge in [-0.3, -0.25) is 10.1 Å². The summed E-state index contributed by atoms with van der Waals surface area (Å²) in [6, 6.07) is 4.79. The molecule has 0 atom stereocenters. The fraction of sp³-hybridized carbons (Fsp3) is 0.500. The predicted molar refractivity (Wildman–Crippen MR) is 71.3 cm³/mol. The summed E-state index contributed by atoms with van der Waals surface area (Å²) in [7, 11) is 1.49. The van der Waals surface area contributed by atoms with Crippen LogP contribution in [-0.2, 0) is 0 Å². The van der Waals surface area contributed by atoms with Crippen molar-refractivity contribution in [2.75, 3.05) is 32.1 Å². The standard InChI is InChI=1S/C12H19N3O3/c1-3-6-13-7-8-14-11-5-4-10(18-2)9-12(11)15(16)17/h4-5,9,13-14H,3,6-8H2,1-2H3. The van der Waals surface area contributed by atoms with E-state index in [1.54, 1.807) is 12.1 Å². The average Bonchev–Trinajstić information content (AvgIpc) is 2.38. The van der Waals surface area contributed by atoms with Crippen molar-refractivity contribution in [1.29, 1.82) is 0 Å². The van der Waals surface area contributed by atoms with E-state index in [-0.39, 0.29) is 5.69 Å². The lowest BCUT2D eigenvalue weighted by atomic mass is 10.2. The lowest BCUT2D eigenvalue weighted by Crippen LogP contribution is -2.22. The summed E-state index contributed by atoms with van der Waals surface area (Å²) in [4.78, 5) is 10.5. The van der Waals surface area contributed by atoms with Gasteiger partial charge >= 0.3 is 0 Å². The highest BCUT2D eigenvalue weighted by Crippen LogP contribution is 2.28. The van der Waals surface area contributed by atoms with E-state index < -0.39 is 4.92 Å². The molecule has 0 radical (unpaired) electrons. The van der Waals surface area contributed by atoms with Crippen LogP contribution in [0.15, 0.2) is 18.2 Å². The zero-order chi connectivity index (χ0) is 13.4. The normalized spacial score (nSPS) is 10.1. The number of ether oxygens (including phenoxy) is 1. The molecule has 0 unspecified atom stereocenters. The Morgan fingerprint density at radius 2 is 2.11 bits per heavy atom. The molecular weight excluding hydrogens is 234 g/mol. The second-order valence-electron chi connectivity index (χ2n) is 3.82. The van der Waals surface area contributed by atoms with Crippen molar-refractivity contribution in [1.82, 2.24) is 5.32 Å². The first-order valence-electron chi connectivity index (χ1n) is 5.96. The van der Waals surface area contributed by atoms with Crippen LogP contribution in [-0.4, -0.2) is 31.7 Å². The van der Waals surface area contributed by atoms with E-state index in [2.05, 4.69) is 17.6 Å². The molecule has 0 spiro atoms. The quantitative estimate of drug-likeness (QED) is 0.421. The summed E-state index contributed by atoms with van der Waals surface area (Å²) < 4.78 is 4.97. The van der Waals surface area contributed by atoms with Gasteiger partial charge in [-0.05, 0) is 25.1 Å². The van der Waals surface area contributed by atoms with Crippen molar-refractivity contribution in [2.24, 2.45) is 0 Å². The Labute approximate surface area is 106 Å². The molecule has 0 aliphatic heterocycles. The molecule has 1 rings (SSSR count). The third kappa shape index (κ3) is 4.21. The van der Waals surface area contributed by atoms with Crippen LogP contribution in [0.4, 0.5) is 11.4 Å². The molecular formula is C12H19N3O3. The van der Waals surface area contributed by atoms with E-state index in [1.165, 1.54) is 13.2 Å². The lowest BCUT2D eigenvalue weighted by molar-refractivity contribution is -0.384. The summed E-state index contributed by atoms with van der Waals surface area (Å²) in [5.41, 5.74) is 0.545. The Balaban J connectivity index is 2.61. The third-order valence-corrected chi connectivity index (χ3v) is 2.45. The molecule has 18 heavy (non-hydrogen) atoms. The second-order valence-corrected chi connectivity index (χ2v) is 3.82. The van der Waals surface area contributed by atoms with E-state index in [0.29, 0.717) is 18.0 Å². The van der Waals surface area contributed by atoms with Gasteiger partial charge in [-0.2, -0.15) is 0 Å². The van der Waals surface area contributed by atoms with E-state index in [9.17, 15) is 10.1 Å². The zero-order valence-corrected chi connectivity index (χ0v) is 10.7. The van der Waals surface area contributed by atoms with Gasteiger partial charge in [0.05, 0.1) is 18.1 Å². The minimum atomic E-state index is -0.412. The Morgan fingerprint density at radius 1 is 1.33 bits per heavy atom. The van der Waals surface area contributed by atoms with Crippen molar-refractivity contribution in [3.8, 4) is 5.75 Å². The van der Waals surface area contributed by atoms with Crippen LogP contribution in [0, 0.1) is 10.1 Å². The van der Waals surface area contributed by atoms with Gasteiger partial charge < -0.3 is 15.4 Å². The molecule has 100 valence electrons. The summed E-state index contributed by atoms with van der Waals surface area (Å²) in [6.07, 6.45) is 1.07. The van der Waals surface area contributed by atoms with Gasteiger partial charge in [0.15, 0.2) is 0 Å². The zero-order valence-electron chi connectivity index (χ0n) is 10.7. The largest absolute Gasteiger partial charge is 0.496 e. The molecule has 0 heterocycles. The summed E-state index contributed by atoms with van der Waals surface area (Å²) in [5.74, 6) is 0.483. The Kier molecular flexibility index (Phi) is 5.93. The van der Waals surface area contributed by atoms with Crippen LogP contribution >= 0.6 is 0 Å². The first kappa shape index (κ1) is 14.2. The number of anilines is 1. The molecule has 0 aliphatic rings. The van der Waals surface area contributed by atoms with Gasteiger partial charge in [-0.15, -0.1) is 0 Å². The number of benzene rings is 1. The Bertz CT molecular complexity index is 396. The van der Waals surface area contributed by atoms with Crippen molar-refractivity contribution in [3.05, 3.63) is 28.3 Å². The SMILES string of the molecule is CCCNCCNc1ccc(OC)cc1[N+](=O)[O-]. The van der Waals surface area contributed by atoms with E-state index in [1.807, 2.05) is 0 Å². The number of rotatable bonds is 8. The van der Waals surface area contributed by atoms with E-state index >= 15 is 0 Å². The van der Waals surface area contributed by atoms with E-state index in [0.717, 1.165) is 19.5 Å². The maximum absolute atomic E-state index is 10.9. The highest BCUT2D eigenvalue weighted by Gasteiger charge is 2.14. The maximum atomic E-state index is 10.9. The molecule has 6 heteroatoms. The van der Waals surface area contributed by atoms with Crippen LogP contribution in [0.1, 0.15) is 13.3 Å². The molecule has 0 saturated heterocycles. The number of nitro benzene ring substituents is 1. The van der Waals surface area contributed by atoms with Gasteiger partial charge in [0.25, 0.3) is 5.69 Å². The fourth-order valence-electron chi connectivity index (χ4n) is 1.53. The van der Waals surface area contributed by atoms with Crippen molar-refractivity contribution in [3.63, 3.8) is 0 Å². The molecule has 0 aromatic heterocycles. The first-order chi connectivity index (χ1) is 8.69. The number of nitrogens with zero attached hydrogens (tertiary/aromatic N) is 1. The molecule has 0 fully saturated rings. The molecule has 1 aromatic carbocycles. The number of methoxy groups -OCH3 is 1. The fourth-order valence-corrected chi connectivity index (χ4v) is 1.53. The van der Waals surface area contributed by atoms with Crippen LogP contribution in [0.5, 0.6) is 5.75 Å². The molecule has 2 N–H and O–H groups in total. The predicted octanol–water partition coefficient (Wildman–Crippen LogP) is 2.01. The number of hydrogen-bond acceptors (Lipinski definition) is 5. The highest BCUT2D eigenvalue weighted by atomic mass is 16.6. The minimum absolute atomic E-state index is 0.0323. The second kappa shape index (κ2) is 7.50. The number of hydrogen-bond donors (Lipinski definition) is 2. The van der Waals surface area contributed by atoms with Crippen molar-refractivity contribution in [2.45, 2.75) is 13.3 Å². The lowest BCUT2D eigenvalue weighted by Gasteiger charge is -2.08. The summed E-state index contributed by atoms with van der Waals surface area (Å²) in [6.45, 7) is 4.46. The molecule has 1 aromatic rings. The molecule has 0 aliphatic carbocycles. The van der Waals surface area contributed by atoms with Crippen LogP contribution < -0.4 is 15.4 Å². The first-order valence-corrected chi connectivity index (χ1v) is 5.96. The van der Waals surface area contributed by atoms with Gasteiger partial charge in [-0.25, -0.2) is 0 Å². The van der Waals surface area contributed by atoms with Crippen LogP contribution in [0.3, 0.4) is 0 Å². The summed E-state index contributed by atoms with van der Waals surface area (Å²) in [5, 5.41) is 17.2. The van der Waals surface area contributed by atoms with Gasteiger partial charge in [0.1, 0.15) is 11.4 Å². The third-order valence-electron chi connectivity index (χ3n) is 2.45. The van der Waals surface area contributed by atoms with Crippen LogP contribution in [0.2, 0.25) is 0 Å². The molecule has 6 nitrogen and oxygen atoms in total. The number of nitrogens with one attached hydrogen (secondary N) is 2. The molecule has 0 saturated carbocycles. The topological polar surface area (TPSA) is 76.4 Å². The summed E-state index contributed by atoms with van der Waals surface area (Å²) >= 11 is 0. The van der Waals surface area contributed by atoms with Gasteiger partial charge in [0, 0.05) is 13.1 Å². The number of nitro groups is 1. The highest BCUT2D eigenvalue weighted by molar-refractivity contribution is 5.63. The monoisotopic (exact) mass is 253 g/mol. The van der Waals surface area contributed by atoms with Crippen LogP contribution in [0.25, 0.3) is 0 Å². The molecule has 0 amide bonds. The van der Waals surface area contributed by atoms with Gasteiger partial charge in [0.2, 0.25) is 0 Å². The van der Waals surface area contributed by atoms with Crippen molar-refractivity contribution < 1.29 is 9.66 Å². The Hall–Kier alpha value is -1.82. The van der Waals surface area contributed by atoms with Gasteiger partial charge in [-0.1, -0.05) is 6.92 Å². The maximum Gasteiger partial charge on any atom is 0.296 e. The smallest absolute Gasteiger partial charge is 0.296 e. The minimum Gasteiger partial charge on any atom is -0.496 e. The Morgan fingerprint density at radius 3 is 2.72 bits per heavy atom. The molecule has 0 bridgehead atoms. The van der Waals surface area contributed by atoms with E-state index in [4.69, 9.17) is 4.74 Å². The van der Waals surface area contributed by atoms with Crippen molar-refractivity contribution >= 4 is 11.4 Å². The average molecular weight is 253 g/mol.